The largest absolute Gasteiger partial charge is 0.358 e. The molecule has 4 nitrogen and oxygen atoms in total. The topological polar surface area (TPSA) is 55.4 Å². The predicted octanol–water partition coefficient (Wildman–Crippen LogP) is 6.81. The molecule has 0 fully saturated rings. The van der Waals surface area contributed by atoms with Gasteiger partial charge in [-0.15, -0.1) is 0 Å². The SMILES string of the molecule is C=C(C)C(=O)ONC(=O)C(CC)CCCCCC/C=C\CCCCCCCC. The van der Waals surface area contributed by atoms with Crippen molar-refractivity contribution in [1.82, 2.24) is 5.48 Å². The van der Waals surface area contributed by atoms with Gasteiger partial charge < -0.3 is 4.84 Å². The highest BCUT2D eigenvalue weighted by Gasteiger charge is 2.17. The first-order valence-electron chi connectivity index (χ1n) is 11.3. The van der Waals surface area contributed by atoms with Gasteiger partial charge in [-0.25, -0.2) is 4.79 Å². The van der Waals surface area contributed by atoms with Crippen molar-refractivity contribution >= 4 is 11.9 Å². The second-order valence-electron chi connectivity index (χ2n) is 7.76. The Balaban J connectivity index is 3.61. The molecule has 1 amide bonds. The molecule has 0 saturated carbocycles. The van der Waals surface area contributed by atoms with Gasteiger partial charge in [-0.1, -0.05) is 83.9 Å². The van der Waals surface area contributed by atoms with Crippen LogP contribution in [0.5, 0.6) is 0 Å². The number of carbonyl (C=O) groups excluding carboxylic acids is 2. The van der Waals surface area contributed by atoms with Gasteiger partial charge in [-0.3, -0.25) is 4.79 Å². The van der Waals surface area contributed by atoms with Gasteiger partial charge in [0, 0.05) is 11.5 Å². The average molecular weight is 394 g/mol. The van der Waals surface area contributed by atoms with E-state index in [2.05, 4.69) is 31.1 Å². The first-order chi connectivity index (χ1) is 13.5. The summed E-state index contributed by atoms with van der Waals surface area (Å²) in [6.45, 7) is 9.28. The summed E-state index contributed by atoms with van der Waals surface area (Å²) in [4.78, 5) is 28.1. The predicted molar refractivity (Wildman–Crippen MR) is 118 cm³/mol. The second kappa shape index (κ2) is 18.8. The molecule has 0 aromatic rings. The molecular formula is C24H43NO3. The van der Waals surface area contributed by atoms with E-state index in [0.29, 0.717) is 0 Å². The minimum atomic E-state index is -0.590. The monoisotopic (exact) mass is 393 g/mol. The maximum Gasteiger partial charge on any atom is 0.358 e. The standard InChI is InChI=1S/C24H43NO3/c1-5-7-8-9-10-11-12-13-14-15-16-17-18-19-20-22(6-2)23(26)25-28-24(27)21(3)4/h13-14,22H,3,5-12,15-20H2,1-2,4H3,(H,25,26)/b14-13-. The molecule has 0 saturated heterocycles. The van der Waals surface area contributed by atoms with Crippen LogP contribution in [0.25, 0.3) is 0 Å². The normalized spacial score (nSPS) is 12.1. The van der Waals surface area contributed by atoms with E-state index in [4.69, 9.17) is 4.84 Å². The molecule has 0 aromatic heterocycles. The van der Waals surface area contributed by atoms with Crippen LogP contribution in [0.1, 0.15) is 111 Å². The van der Waals surface area contributed by atoms with Crippen LogP contribution < -0.4 is 5.48 Å². The van der Waals surface area contributed by atoms with Crippen molar-refractivity contribution in [1.29, 1.82) is 0 Å². The minimum Gasteiger partial charge on any atom is -0.336 e. The summed E-state index contributed by atoms with van der Waals surface area (Å²) in [5.74, 6) is -0.905. The lowest BCUT2D eigenvalue weighted by molar-refractivity contribution is -0.156. The quantitative estimate of drug-likeness (QED) is 0.128. The third kappa shape index (κ3) is 15.5. The first-order valence-corrected chi connectivity index (χ1v) is 11.3. The Morgan fingerprint density at radius 3 is 1.96 bits per heavy atom. The second-order valence-corrected chi connectivity index (χ2v) is 7.76. The van der Waals surface area contributed by atoms with Gasteiger partial charge in [0.25, 0.3) is 5.91 Å². The Labute approximate surface area is 173 Å². The highest BCUT2D eigenvalue weighted by molar-refractivity contribution is 5.88. The van der Waals surface area contributed by atoms with Crippen molar-refractivity contribution in [2.24, 2.45) is 5.92 Å². The van der Waals surface area contributed by atoms with Gasteiger partial charge in [0.1, 0.15) is 0 Å². The molecule has 1 N–H and O–H groups in total. The van der Waals surface area contributed by atoms with Crippen molar-refractivity contribution < 1.29 is 14.4 Å². The molecule has 1 unspecified atom stereocenters. The summed E-state index contributed by atoms with van der Waals surface area (Å²) in [5.41, 5.74) is 2.53. The molecule has 1 atom stereocenters. The fraction of sp³-hybridized carbons (Fsp3) is 0.750. The van der Waals surface area contributed by atoms with Gasteiger partial charge in [-0.05, 0) is 45.4 Å². The summed E-state index contributed by atoms with van der Waals surface area (Å²) < 4.78 is 0. The van der Waals surface area contributed by atoms with E-state index in [1.54, 1.807) is 6.92 Å². The maximum atomic E-state index is 12.0. The molecule has 162 valence electrons. The van der Waals surface area contributed by atoms with E-state index in [0.717, 1.165) is 32.1 Å². The first kappa shape index (κ1) is 26.4. The number of hydrogen-bond donors (Lipinski definition) is 1. The van der Waals surface area contributed by atoms with Gasteiger partial charge in [0.15, 0.2) is 0 Å². The number of unbranched alkanes of at least 4 members (excludes halogenated alkanes) is 10. The number of carbonyl (C=O) groups is 2. The zero-order chi connectivity index (χ0) is 21.0. The lowest BCUT2D eigenvalue weighted by Crippen LogP contribution is -2.32. The van der Waals surface area contributed by atoms with Crippen LogP contribution in [-0.4, -0.2) is 11.9 Å². The smallest absolute Gasteiger partial charge is 0.336 e. The van der Waals surface area contributed by atoms with Crippen molar-refractivity contribution in [3.05, 3.63) is 24.3 Å². The Morgan fingerprint density at radius 1 is 0.893 bits per heavy atom. The highest BCUT2D eigenvalue weighted by atomic mass is 16.7. The van der Waals surface area contributed by atoms with E-state index in [1.807, 2.05) is 6.92 Å². The fourth-order valence-electron chi connectivity index (χ4n) is 3.07. The molecule has 0 radical (unpaired) electrons. The summed E-state index contributed by atoms with van der Waals surface area (Å²) in [7, 11) is 0. The number of allylic oxidation sites excluding steroid dienone is 2. The Bertz CT molecular complexity index is 457. The number of hydroxylamine groups is 1. The molecule has 0 aliphatic heterocycles. The molecule has 4 heteroatoms. The van der Waals surface area contributed by atoms with Crippen LogP contribution in [0.3, 0.4) is 0 Å². The minimum absolute atomic E-state index is 0.102. The molecule has 0 aliphatic carbocycles. The van der Waals surface area contributed by atoms with Crippen LogP contribution in [0.15, 0.2) is 24.3 Å². The molecular weight excluding hydrogens is 350 g/mol. The third-order valence-electron chi connectivity index (χ3n) is 5.02. The van der Waals surface area contributed by atoms with E-state index in [-0.39, 0.29) is 17.4 Å². The summed E-state index contributed by atoms with van der Waals surface area (Å²) in [5, 5.41) is 0. The van der Waals surface area contributed by atoms with Crippen LogP contribution in [-0.2, 0) is 14.4 Å². The zero-order valence-corrected chi connectivity index (χ0v) is 18.6. The summed E-state index contributed by atoms with van der Waals surface area (Å²) in [6, 6.07) is 0. The number of amides is 1. The van der Waals surface area contributed by atoms with Crippen molar-refractivity contribution in [2.45, 2.75) is 111 Å². The van der Waals surface area contributed by atoms with Gasteiger partial charge >= 0.3 is 5.97 Å². The maximum absolute atomic E-state index is 12.0. The molecule has 0 heterocycles. The van der Waals surface area contributed by atoms with Gasteiger partial charge in [-0.2, -0.15) is 5.48 Å². The van der Waals surface area contributed by atoms with Crippen LogP contribution in [0.4, 0.5) is 0 Å². The van der Waals surface area contributed by atoms with Crippen molar-refractivity contribution in [2.75, 3.05) is 0 Å². The molecule has 0 aromatic carbocycles. The zero-order valence-electron chi connectivity index (χ0n) is 18.6. The lowest BCUT2D eigenvalue weighted by atomic mass is 9.97. The highest BCUT2D eigenvalue weighted by Crippen LogP contribution is 2.15. The van der Waals surface area contributed by atoms with E-state index >= 15 is 0 Å². The van der Waals surface area contributed by atoms with Crippen LogP contribution >= 0.6 is 0 Å². The fourth-order valence-corrected chi connectivity index (χ4v) is 3.07. The van der Waals surface area contributed by atoms with Gasteiger partial charge in [0.05, 0.1) is 0 Å². The van der Waals surface area contributed by atoms with E-state index < -0.39 is 5.97 Å². The van der Waals surface area contributed by atoms with E-state index in [9.17, 15) is 9.59 Å². The molecule has 0 aliphatic rings. The summed E-state index contributed by atoms with van der Waals surface area (Å²) in [6.07, 6.45) is 21.4. The molecule has 0 bridgehead atoms. The van der Waals surface area contributed by atoms with Gasteiger partial charge in [0.2, 0.25) is 0 Å². The van der Waals surface area contributed by atoms with E-state index in [1.165, 1.54) is 57.8 Å². The van der Waals surface area contributed by atoms with Crippen LogP contribution in [0.2, 0.25) is 0 Å². The average Bonchev–Trinajstić information content (AvgIpc) is 2.68. The van der Waals surface area contributed by atoms with Crippen molar-refractivity contribution in [3.8, 4) is 0 Å². The number of nitrogens with one attached hydrogen (secondary N) is 1. The Morgan fingerprint density at radius 2 is 1.43 bits per heavy atom. The number of rotatable bonds is 17. The molecule has 0 rings (SSSR count). The Kier molecular flexibility index (Phi) is 17.7. The van der Waals surface area contributed by atoms with Crippen LogP contribution in [0, 0.1) is 5.92 Å². The molecule has 28 heavy (non-hydrogen) atoms. The van der Waals surface area contributed by atoms with Crippen molar-refractivity contribution in [3.63, 3.8) is 0 Å². The molecule has 0 spiro atoms. The Hall–Kier alpha value is -1.58. The third-order valence-corrected chi connectivity index (χ3v) is 5.02. The number of hydrogen-bond acceptors (Lipinski definition) is 3. The lowest BCUT2D eigenvalue weighted by Gasteiger charge is -2.14. The summed E-state index contributed by atoms with van der Waals surface area (Å²) >= 11 is 0.